The van der Waals surface area contributed by atoms with Crippen molar-refractivity contribution in [3.8, 4) is 0 Å². The van der Waals surface area contributed by atoms with Crippen molar-refractivity contribution in [2.75, 3.05) is 17.3 Å². The number of anilines is 2. The van der Waals surface area contributed by atoms with Gasteiger partial charge in [0.1, 0.15) is 0 Å². The number of rotatable bonds is 8. The van der Waals surface area contributed by atoms with Gasteiger partial charge in [0.15, 0.2) is 0 Å². The lowest BCUT2D eigenvalue weighted by atomic mass is 9.89. The van der Waals surface area contributed by atoms with Crippen molar-refractivity contribution in [2.24, 2.45) is 0 Å². The molecule has 27 heavy (non-hydrogen) atoms. The Bertz CT molecular complexity index is 678. The third-order valence-corrected chi connectivity index (χ3v) is 5.24. The monoisotopic (exact) mass is 366 g/mol. The normalized spacial score (nSPS) is 11.7. The quantitative estimate of drug-likeness (QED) is 0.468. The molecule has 148 valence electrons. The van der Waals surface area contributed by atoms with Crippen LogP contribution in [0.15, 0.2) is 36.4 Å². The SMILES string of the molecule is CC(C)c1cccc(NCNc2cccc(C(C)C)c2C(C)C)c1C(C)C. The van der Waals surface area contributed by atoms with E-state index in [2.05, 4.69) is 102 Å². The Morgan fingerprint density at radius 3 is 1.22 bits per heavy atom. The molecule has 0 saturated carbocycles. The summed E-state index contributed by atoms with van der Waals surface area (Å²) in [5, 5.41) is 7.28. The van der Waals surface area contributed by atoms with Crippen LogP contribution in [0.2, 0.25) is 0 Å². The Morgan fingerprint density at radius 2 is 0.926 bits per heavy atom. The molecule has 0 aliphatic heterocycles. The highest BCUT2D eigenvalue weighted by Gasteiger charge is 2.16. The molecule has 2 nitrogen and oxygen atoms in total. The predicted molar refractivity (Wildman–Crippen MR) is 121 cm³/mol. The first-order valence-electron chi connectivity index (χ1n) is 10.5. The van der Waals surface area contributed by atoms with E-state index in [4.69, 9.17) is 0 Å². The van der Waals surface area contributed by atoms with Gasteiger partial charge < -0.3 is 10.6 Å². The van der Waals surface area contributed by atoms with Crippen LogP contribution in [0.5, 0.6) is 0 Å². The third kappa shape index (κ3) is 5.06. The molecule has 2 N–H and O–H groups in total. The highest BCUT2D eigenvalue weighted by atomic mass is 15.1. The first-order valence-corrected chi connectivity index (χ1v) is 10.5. The van der Waals surface area contributed by atoms with Crippen LogP contribution in [-0.2, 0) is 0 Å². The fourth-order valence-corrected chi connectivity index (χ4v) is 4.00. The molecule has 0 radical (unpaired) electrons. The van der Waals surface area contributed by atoms with Gasteiger partial charge >= 0.3 is 0 Å². The van der Waals surface area contributed by atoms with Crippen LogP contribution in [0.3, 0.4) is 0 Å². The molecule has 0 aliphatic carbocycles. The van der Waals surface area contributed by atoms with Crippen LogP contribution >= 0.6 is 0 Å². The highest BCUT2D eigenvalue weighted by Crippen LogP contribution is 2.34. The minimum absolute atomic E-state index is 0.501. The maximum absolute atomic E-state index is 3.64. The van der Waals surface area contributed by atoms with Gasteiger partial charge in [0.05, 0.1) is 6.67 Å². The first kappa shape index (κ1) is 21.3. The van der Waals surface area contributed by atoms with E-state index in [1.807, 2.05) is 0 Å². The van der Waals surface area contributed by atoms with E-state index in [0.717, 1.165) is 6.67 Å². The van der Waals surface area contributed by atoms with Gasteiger partial charge in [-0.3, -0.25) is 0 Å². The Balaban J connectivity index is 2.23. The molecule has 2 rings (SSSR count). The van der Waals surface area contributed by atoms with Gasteiger partial charge in [0, 0.05) is 11.4 Å². The lowest BCUT2D eigenvalue weighted by molar-refractivity contribution is 0.788. The van der Waals surface area contributed by atoms with E-state index in [9.17, 15) is 0 Å². The summed E-state index contributed by atoms with van der Waals surface area (Å²) in [6.07, 6.45) is 0. The van der Waals surface area contributed by atoms with E-state index in [1.54, 1.807) is 0 Å². The molecule has 2 heteroatoms. The van der Waals surface area contributed by atoms with Crippen molar-refractivity contribution in [3.63, 3.8) is 0 Å². The second kappa shape index (κ2) is 9.30. The van der Waals surface area contributed by atoms with Crippen LogP contribution in [0.25, 0.3) is 0 Å². The third-order valence-electron chi connectivity index (χ3n) is 5.24. The zero-order chi connectivity index (χ0) is 20.1. The number of benzene rings is 2. The van der Waals surface area contributed by atoms with Gasteiger partial charge in [-0.15, -0.1) is 0 Å². The predicted octanol–water partition coefficient (Wildman–Crippen LogP) is 7.66. The van der Waals surface area contributed by atoms with E-state index in [1.165, 1.54) is 33.6 Å². The molecule has 0 aromatic heterocycles. The second-order valence-electron chi connectivity index (χ2n) is 8.77. The fourth-order valence-electron chi connectivity index (χ4n) is 4.00. The van der Waals surface area contributed by atoms with Crippen LogP contribution < -0.4 is 10.6 Å². The van der Waals surface area contributed by atoms with Crippen molar-refractivity contribution in [3.05, 3.63) is 58.7 Å². The van der Waals surface area contributed by atoms with Gasteiger partial charge in [-0.2, -0.15) is 0 Å². The van der Waals surface area contributed by atoms with Gasteiger partial charge in [-0.1, -0.05) is 79.7 Å². The average molecular weight is 367 g/mol. The van der Waals surface area contributed by atoms with Crippen molar-refractivity contribution >= 4 is 11.4 Å². The summed E-state index contributed by atoms with van der Waals surface area (Å²) in [6, 6.07) is 13.3. The Kier molecular flexibility index (Phi) is 7.35. The summed E-state index contributed by atoms with van der Waals surface area (Å²) < 4.78 is 0. The standard InChI is InChI=1S/C25H38N2/c1-16(2)20-11-9-13-22(24(20)18(5)6)26-15-27-23-14-10-12-21(17(3)4)25(23)19(7)8/h9-14,16-19,26-27H,15H2,1-8H3. The molecule has 2 aromatic rings. The molecule has 0 aliphatic rings. The number of hydrogen-bond acceptors (Lipinski definition) is 2. The molecular weight excluding hydrogens is 328 g/mol. The van der Waals surface area contributed by atoms with E-state index in [0.29, 0.717) is 23.7 Å². The molecule has 0 bridgehead atoms. The highest BCUT2D eigenvalue weighted by molar-refractivity contribution is 5.60. The van der Waals surface area contributed by atoms with Crippen molar-refractivity contribution in [1.82, 2.24) is 0 Å². The van der Waals surface area contributed by atoms with Gasteiger partial charge in [0.2, 0.25) is 0 Å². The lowest BCUT2D eigenvalue weighted by Gasteiger charge is -2.23. The molecule has 0 spiro atoms. The number of hydrogen-bond donors (Lipinski definition) is 2. The summed E-state index contributed by atoms with van der Waals surface area (Å²) in [5.41, 5.74) is 8.26. The van der Waals surface area contributed by atoms with Gasteiger partial charge in [-0.25, -0.2) is 0 Å². The maximum Gasteiger partial charge on any atom is 0.0849 e. The summed E-state index contributed by atoms with van der Waals surface area (Å²) in [6.45, 7) is 18.9. The summed E-state index contributed by atoms with van der Waals surface area (Å²) in [4.78, 5) is 0. The summed E-state index contributed by atoms with van der Waals surface area (Å²) in [5.74, 6) is 2.07. The zero-order valence-corrected chi connectivity index (χ0v) is 18.5. The van der Waals surface area contributed by atoms with Crippen molar-refractivity contribution in [1.29, 1.82) is 0 Å². The summed E-state index contributed by atoms with van der Waals surface area (Å²) >= 11 is 0. The van der Waals surface area contributed by atoms with Crippen LogP contribution in [0, 0.1) is 0 Å². The minimum atomic E-state index is 0.501. The van der Waals surface area contributed by atoms with E-state index >= 15 is 0 Å². The van der Waals surface area contributed by atoms with E-state index in [-0.39, 0.29) is 0 Å². The zero-order valence-electron chi connectivity index (χ0n) is 18.5. The second-order valence-corrected chi connectivity index (χ2v) is 8.77. The molecule has 2 aromatic carbocycles. The molecule has 0 amide bonds. The molecule has 0 saturated heterocycles. The molecular formula is C25H38N2. The van der Waals surface area contributed by atoms with Gasteiger partial charge in [-0.05, 0) is 58.1 Å². The largest absolute Gasteiger partial charge is 0.368 e. The van der Waals surface area contributed by atoms with Crippen LogP contribution in [0.1, 0.15) is 101 Å². The maximum atomic E-state index is 3.64. The molecule has 0 unspecified atom stereocenters. The molecule has 0 heterocycles. The van der Waals surface area contributed by atoms with Crippen LogP contribution in [0.4, 0.5) is 11.4 Å². The Labute approximate surface area is 166 Å². The Morgan fingerprint density at radius 1 is 0.556 bits per heavy atom. The first-order chi connectivity index (χ1) is 12.7. The summed E-state index contributed by atoms with van der Waals surface area (Å²) in [7, 11) is 0. The molecule has 0 fully saturated rings. The minimum Gasteiger partial charge on any atom is -0.368 e. The topological polar surface area (TPSA) is 24.1 Å². The van der Waals surface area contributed by atoms with Crippen LogP contribution in [-0.4, -0.2) is 6.67 Å². The average Bonchev–Trinajstić information content (AvgIpc) is 2.60. The fraction of sp³-hybridized carbons (Fsp3) is 0.520. The van der Waals surface area contributed by atoms with Gasteiger partial charge in [0.25, 0.3) is 0 Å². The number of nitrogens with one attached hydrogen (secondary N) is 2. The van der Waals surface area contributed by atoms with E-state index < -0.39 is 0 Å². The molecule has 0 atom stereocenters. The Hall–Kier alpha value is -1.96. The smallest absolute Gasteiger partial charge is 0.0849 e. The van der Waals surface area contributed by atoms with Crippen molar-refractivity contribution in [2.45, 2.75) is 79.1 Å². The lowest BCUT2D eigenvalue weighted by Crippen LogP contribution is -2.16. The van der Waals surface area contributed by atoms with Crippen molar-refractivity contribution < 1.29 is 0 Å².